The van der Waals surface area contributed by atoms with Crippen LogP contribution >= 0.6 is 11.3 Å². The summed E-state index contributed by atoms with van der Waals surface area (Å²) >= 11 is 1.37. The van der Waals surface area contributed by atoms with E-state index in [9.17, 15) is 14.4 Å². The largest absolute Gasteiger partial charge is 0.480 e. The summed E-state index contributed by atoms with van der Waals surface area (Å²) in [7, 11) is 1.31. The average molecular weight is 377 g/mol. The highest BCUT2D eigenvalue weighted by Gasteiger charge is 2.28. The van der Waals surface area contributed by atoms with Crippen LogP contribution in [0.1, 0.15) is 57.1 Å². The van der Waals surface area contributed by atoms with Crippen LogP contribution in [0.15, 0.2) is 12.3 Å². The number of fused-ring (bicyclic) bond motifs is 1. The fourth-order valence-corrected chi connectivity index (χ4v) is 4.32. The minimum absolute atomic E-state index is 0.113. The van der Waals surface area contributed by atoms with Crippen LogP contribution in [0.4, 0.5) is 5.00 Å². The minimum Gasteiger partial charge on any atom is -0.480 e. The van der Waals surface area contributed by atoms with Gasteiger partial charge in [-0.15, -0.1) is 11.3 Å². The van der Waals surface area contributed by atoms with E-state index in [0.717, 1.165) is 40.8 Å². The Morgan fingerprint density at radius 3 is 2.77 bits per heavy atom. The molecule has 8 nitrogen and oxygen atoms in total. The highest BCUT2D eigenvalue weighted by Crippen LogP contribution is 2.38. The number of carboxylic acid groups (broad SMARTS) is 1. The number of hydrogen-bond donors (Lipinski definition) is 2. The van der Waals surface area contributed by atoms with Gasteiger partial charge in [-0.1, -0.05) is 0 Å². The van der Waals surface area contributed by atoms with Gasteiger partial charge < -0.3 is 15.2 Å². The number of nitrogens with one attached hydrogen (secondary N) is 1. The van der Waals surface area contributed by atoms with E-state index in [2.05, 4.69) is 10.4 Å². The van der Waals surface area contributed by atoms with Crippen LogP contribution in [-0.2, 0) is 22.4 Å². The van der Waals surface area contributed by atoms with Gasteiger partial charge in [0, 0.05) is 11.1 Å². The number of aromatic nitrogens is 2. The van der Waals surface area contributed by atoms with Crippen LogP contribution < -0.4 is 5.32 Å². The Hall–Kier alpha value is -2.68. The predicted octanol–water partition coefficient (Wildman–Crippen LogP) is 2.51. The third-order valence-corrected chi connectivity index (χ3v) is 5.62. The van der Waals surface area contributed by atoms with E-state index in [1.165, 1.54) is 37.6 Å². The Kier molecular flexibility index (Phi) is 5.08. The van der Waals surface area contributed by atoms with Crippen LogP contribution in [0.5, 0.6) is 0 Å². The van der Waals surface area contributed by atoms with Gasteiger partial charge in [0.25, 0.3) is 5.91 Å². The zero-order valence-electron chi connectivity index (χ0n) is 14.4. The molecule has 1 unspecified atom stereocenters. The normalized spacial score (nSPS) is 14.4. The maximum Gasteiger partial charge on any atom is 0.341 e. The maximum absolute atomic E-state index is 12.7. The summed E-state index contributed by atoms with van der Waals surface area (Å²) in [6.45, 7) is 1.44. The first kappa shape index (κ1) is 18.1. The Morgan fingerprint density at radius 2 is 2.08 bits per heavy atom. The summed E-state index contributed by atoms with van der Waals surface area (Å²) in [5, 5.41) is 16.3. The van der Waals surface area contributed by atoms with Gasteiger partial charge in [-0.2, -0.15) is 5.10 Å². The number of aliphatic carboxylic acids is 1. The molecule has 3 rings (SSSR count). The van der Waals surface area contributed by atoms with Gasteiger partial charge in [0.15, 0.2) is 0 Å². The number of esters is 1. The predicted molar refractivity (Wildman–Crippen MR) is 94.8 cm³/mol. The molecular formula is C17H19N3O5S. The first-order valence-corrected chi connectivity index (χ1v) is 9.06. The number of carbonyl (C=O) groups excluding carboxylic acids is 2. The number of carboxylic acids is 1. The van der Waals surface area contributed by atoms with E-state index in [1.54, 1.807) is 0 Å². The van der Waals surface area contributed by atoms with Crippen molar-refractivity contribution >= 4 is 34.2 Å². The maximum atomic E-state index is 12.7. The summed E-state index contributed by atoms with van der Waals surface area (Å²) in [6, 6.07) is 0.461. The molecule has 1 aliphatic carbocycles. The van der Waals surface area contributed by atoms with Gasteiger partial charge in [0.1, 0.15) is 16.7 Å². The summed E-state index contributed by atoms with van der Waals surface area (Å²) in [6.07, 6.45) is 5.05. The van der Waals surface area contributed by atoms with E-state index >= 15 is 0 Å². The molecule has 9 heteroatoms. The zero-order valence-corrected chi connectivity index (χ0v) is 15.3. The molecule has 2 aromatic heterocycles. The second-order valence-electron chi connectivity index (χ2n) is 6.04. The van der Waals surface area contributed by atoms with Crippen LogP contribution in [0, 0.1) is 0 Å². The molecule has 0 radical (unpaired) electrons. The lowest BCUT2D eigenvalue weighted by atomic mass is 9.95. The number of ether oxygens (including phenoxy) is 1. The molecule has 0 spiro atoms. The third kappa shape index (κ3) is 3.22. The number of rotatable bonds is 5. The topological polar surface area (TPSA) is 111 Å². The van der Waals surface area contributed by atoms with Crippen molar-refractivity contribution in [2.75, 3.05) is 12.4 Å². The highest BCUT2D eigenvalue weighted by molar-refractivity contribution is 7.17. The molecule has 1 atom stereocenters. The number of thiophene rings is 1. The van der Waals surface area contributed by atoms with Crippen molar-refractivity contribution in [1.29, 1.82) is 0 Å². The van der Waals surface area contributed by atoms with Crippen LogP contribution in [-0.4, -0.2) is 39.8 Å². The molecule has 0 saturated heterocycles. The van der Waals surface area contributed by atoms with Gasteiger partial charge in [0.2, 0.25) is 0 Å². The Labute approximate surface area is 153 Å². The fourth-order valence-electron chi connectivity index (χ4n) is 3.05. The molecule has 0 bridgehead atoms. The average Bonchev–Trinajstić information content (AvgIpc) is 3.24. The van der Waals surface area contributed by atoms with Crippen LogP contribution in [0.25, 0.3) is 0 Å². The van der Waals surface area contributed by atoms with Crippen molar-refractivity contribution < 1.29 is 24.2 Å². The second kappa shape index (κ2) is 7.28. The number of nitrogens with zero attached hydrogens (tertiary/aromatic N) is 2. The fraction of sp³-hybridized carbons (Fsp3) is 0.412. The third-order valence-electron chi connectivity index (χ3n) is 4.42. The lowest BCUT2D eigenvalue weighted by molar-refractivity contribution is -0.140. The molecule has 2 heterocycles. The lowest BCUT2D eigenvalue weighted by Crippen LogP contribution is -2.24. The molecule has 2 aromatic rings. The number of hydrogen-bond acceptors (Lipinski definition) is 6. The van der Waals surface area contributed by atoms with Gasteiger partial charge in [0.05, 0.1) is 12.7 Å². The number of anilines is 1. The van der Waals surface area contributed by atoms with E-state index in [1.807, 2.05) is 0 Å². The molecule has 138 valence electrons. The minimum atomic E-state index is -1.09. The molecule has 1 aliphatic rings. The zero-order chi connectivity index (χ0) is 18.8. The molecule has 0 fully saturated rings. The van der Waals surface area contributed by atoms with E-state index < -0.39 is 23.9 Å². The summed E-state index contributed by atoms with van der Waals surface area (Å²) < 4.78 is 6.03. The molecule has 2 N–H and O–H groups in total. The van der Waals surface area contributed by atoms with E-state index in [-0.39, 0.29) is 5.69 Å². The Morgan fingerprint density at radius 1 is 1.35 bits per heavy atom. The first-order chi connectivity index (χ1) is 12.4. The summed E-state index contributed by atoms with van der Waals surface area (Å²) in [5.74, 6) is -2.09. The van der Waals surface area contributed by atoms with Crippen molar-refractivity contribution in [1.82, 2.24) is 9.78 Å². The highest BCUT2D eigenvalue weighted by atomic mass is 32.1. The van der Waals surface area contributed by atoms with Crippen molar-refractivity contribution in [3.8, 4) is 0 Å². The molecular weight excluding hydrogens is 358 g/mol. The lowest BCUT2D eigenvalue weighted by Gasteiger charge is -2.12. The van der Waals surface area contributed by atoms with Gasteiger partial charge in [-0.05, 0) is 44.2 Å². The number of methoxy groups -OCH3 is 1. The molecule has 0 saturated carbocycles. The van der Waals surface area contributed by atoms with Gasteiger partial charge in [-0.3, -0.25) is 4.79 Å². The van der Waals surface area contributed by atoms with E-state index in [4.69, 9.17) is 9.84 Å². The van der Waals surface area contributed by atoms with Gasteiger partial charge >= 0.3 is 11.9 Å². The number of aryl methyl sites for hydroxylation is 1. The first-order valence-electron chi connectivity index (χ1n) is 8.24. The standard InChI is InChI=1S/C17H19N3O5S/c1-9(16(22)23)20-11(7-8-18-20)14(21)19-15-13(17(24)25-2)10-5-3-4-6-12(10)26-15/h7-9H,3-6H2,1-2H3,(H,19,21)(H,22,23). The van der Waals surface area contributed by atoms with Crippen molar-refractivity contribution in [2.24, 2.45) is 0 Å². The smallest absolute Gasteiger partial charge is 0.341 e. The van der Waals surface area contributed by atoms with E-state index in [0.29, 0.717) is 10.6 Å². The van der Waals surface area contributed by atoms with Gasteiger partial charge in [-0.25, -0.2) is 14.3 Å². The Balaban J connectivity index is 1.94. The summed E-state index contributed by atoms with van der Waals surface area (Å²) in [5.41, 5.74) is 1.45. The Bertz CT molecular complexity index is 870. The summed E-state index contributed by atoms with van der Waals surface area (Å²) in [4.78, 5) is 37.2. The van der Waals surface area contributed by atoms with Crippen molar-refractivity contribution in [3.63, 3.8) is 0 Å². The molecule has 0 aromatic carbocycles. The van der Waals surface area contributed by atoms with Crippen LogP contribution in [0.2, 0.25) is 0 Å². The number of carbonyl (C=O) groups is 3. The SMILES string of the molecule is COC(=O)c1c(NC(=O)c2ccnn2C(C)C(=O)O)sc2c1CCCC2. The molecule has 0 aliphatic heterocycles. The number of amides is 1. The second-order valence-corrected chi connectivity index (χ2v) is 7.14. The monoisotopic (exact) mass is 377 g/mol. The molecule has 26 heavy (non-hydrogen) atoms. The van der Waals surface area contributed by atoms with Crippen molar-refractivity contribution in [2.45, 2.75) is 38.6 Å². The van der Waals surface area contributed by atoms with Crippen LogP contribution in [0.3, 0.4) is 0 Å². The molecule has 1 amide bonds. The van der Waals surface area contributed by atoms with Crippen molar-refractivity contribution in [3.05, 3.63) is 34.0 Å². The quantitative estimate of drug-likeness (QED) is 0.775.